The number of fused-ring (bicyclic) bond motifs is 3. The van der Waals surface area contributed by atoms with Crippen LogP contribution in [0.4, 0.5) is 5.82 Å². The summed E-state index contributed by atoms with van der Waals surface area (Å²) in [5.41, 5.74) is 3.82. The van der Waals surface area contributed by atoms with E-state index >= 15 is 0 Å². The van der Waals surface area contributed by atoms with Crippen molar-refractivity contribution in [1.29, 1.82) is 0 Å². The third-order valence-electron chi connectivity index (χ3n) is 5.02. The fraction of sp³-hybridized carbons (Fsp3) is 0.238. The van der Waals surface area contributed by atoms with Gasteiger partial charge in [0.15, 0.2) is 11.4 Å². The zero-order chi connectivity index (χ0) is 17.3. The average Bonchev–Trinajstić information content (AvgIpc) is 3.27. The summed E-state index contributed by atoms with van der Waals surface area (Å²) in [5, 5.41) is 4.61. The predicted octanol–water partition coefficient (Wildman–Crippen LogP) is 4.06. The number of benzene rings is 2. The molecule has 130 valence electrons. The Morgan fingerprint density at radius 1 is 1.04 bits per heavy atom. The van der Waals surface area contributed by atoms with E-state index in [0.717, 1.165) is 53.9 Å². The maximum atomic E-state index is 6.02. The third-order valence-corrected chi connectivity index (χ3v) is 5.02. The summed E-state index contributed by atoms with van der Waals surface area (Å²) < 4.78 is 6.02. The van der Waals surface area contributed by atoms with Gasteiger partial charge in [-0.05, 0) is 24.1 Å². The SMILES string of the molecule is c1ccc(CN2CCC(Nc3ncnc4c3oc3ccccc34)C2)cc1. The molecule has 2 aromatic heterocycles. The van der Waals surface area contributed by atoms with E-state index in [9.17, 15) is 0 Å². The van der Waals surface area contributed by atoms with Gasteiger partial charge in [-0.2, -0.15) is 0 Å². The number of rotatable bonds is 4. The molecule has 0 aliphatic carbocycles. The molecular weight excluding hydrogens is 324 g/mol. The number of nitrogens with zero attached hydrogens (tertiary/aromatic N) is 3. The van der Waals surface area contributed by atoms with Crippen molar-refractivity contribution >= 4 is 27.9 Å². The van der Waals surface area contributed by atoms with Crippen LogP contribution >= 0.6 is 0 Å². The lowest BCUT2D eigenvalue weighted by molar-refractivity contribution is 0.328. The zero-order valence-electron chi connectivity index (χ0n) is 14.4. The first-order valence-electron chi connectivity index (χ1n) is 9.02. The first-order valence-corrected chi connectivity index (χ1v) is 9.02. The first-order chi connectivity index (χ1) is 12.9. The molecule has 1 atom stereocenters. The van der Waals surface area contributed by atoms with E-state index in [-0.39, 0.29) is 0 Å². The minimum atomic E-state index is 0.366. The molecule has 5 nitrogen and oxygen atoms in total. The molecule has 0 bridgehead atoms. The van der Waals surface area contributed by atoms with Crippen molar-refractivity contribution in [1.82, 2.24) is 14.9 Å². The van der Waals surface area contributed by atoms with Gasteiger partial charge in [0.25, 0.3) is 0 Å². The van der Waals surface area contributed by atoms with E-state index in [4.69, 9.17) is 4.42 Å². The lowest BCUT2D eigenvalue weighted by Crippen LogP contribution is -2.26. The van der Waals surface area contributed by atoms with Gasteiger partial charge in [-0.3, -0.25) is 4.90 Å². The van der Waals surface area contributed by atoms with Crippen LogP contribution in [0.5, 0.6) is 0 Å². The molecule has 5 rings (SSSR count). The Morgan fingerprint density at radius 3 is 2.81 bits per heavy atom. The van der Waals surface area contributed by atoms with Gasteiger partial charge in [0.05, 0.1) is 0 Å². The summed E-state index contributed by atoms with van der Waals surface area (Å²) in [4.78, 5) is 11.3. The lowest BCUT2D eigenvalue weighted by atomic mass is 10.2. The summed E-state index contributed by atoms with van der Waals surface area (Å²) in [6, 6.07) is 19.0. The Bertz CT molecular complexity index is 1040. The van der Waals surface area contributed by atoms with E-state index in [1.807, 2.05) is 24.3 Å². The van der Waals surface area contributed by atoms with E-state index in [2.05, 4.69) is 50.5 Å². The van der Waals surface area contributed by atoms with Crippen LogP contribution in [0.3, 0.4) is 0 Å². The second-order valence-corrected chi connectivity index (χ2v) is 6.85. The van der Waals surface area contributed by atoms with Gasteiger partial charge in [0, 0.05) is 31.1 Å². The standard InChI is InChI=1S/C21H20N4O/c1-2-6-15(7-3-1)12-25-11-10-16(13-25)24-21-20-19(22-14-23-21)17-8-4-5-9-18(17)26-20/h1-9,14,16H,10-13H2,(H,22,23,24). The summed E-state index contributed by atoms with van der Waals surface area (Å²) >= 11 is 0. The maximum absolute atomic E-state index is 6.02. The van der Waals surface area contributed by atoms with Crippen LogP contribution in [-0.2, 0) is 6.54 Å². The van der Waals surface area contributed by atoms with Crippen LogP contribution in [-0.4, -0.2) is 34.0 Å². The topological polar surface area (TPSA) is 54.2 Å². The molecule has 0 saturated carbocycles. The number of hydrogen-bond acceptors (Lipinski definition) is 5. The molecule has 1 saturated heterocycles. The second kappa shape index (κ2) is 6.42. The summed E-state index contributed by atoms with van der Waals surface area (Å²) in [6.07, 6.45) is 2.71. The smallest absolute Gasteiger partial charge is 0.196 e. The van der Waals surface area contributed by atoms with Crippen LogP contribution in [0, 0.1) is 0 Å². The van der Waals surface area contributed by atoms with Gasteiger partial charge < -0.3 is 9.73 Å². The number of para-hydroxylation sites is 1. The van der Waals surface area contributed by atoms with Gasteiger partial charge >= 0.3 is 0 Å². The van der Waals surface area contributed by atoms with Crippen molar-refractivity contribution in [3.05, 3.63) is 66.5 Å². The van der Waals surface area contributed by atoms with E-state index in [1.165, 1.54) is 5.56 Å². The molecule has 0 radical (unpaired) electrons. The van der Waals surface area contributed by atoms with Crippen LogP contribution in [0.2, 0.25) is 0 Å². The van der Waals surface area contributed by atoms with Crippen molar-refractivity contribution in [2.75, 3.05) is 18.4 Å². The second-order valence-electron chi connectivity index (χ2n) is 6.85. The molecule has 1 fully saturated rings. The summed E-state index contributed by atoms with van der Waals surface area (Å²) in [7, 11) is 0. The average molecular weight is 344 g/mol. The third kappa shape index (κ3) is 2.80. The molecule has 0 amide bonds. The minimum Gasteiger partial charge on any atom is -0.450 e. The van der Waals surface area contributed by atoms with Crippen molar-refractivity contribution in [2.45, 2.75) is 19.0 Å². The highest BCUT2D eigenvalue weighted by molar-refractivity contribution is 6.05. The highest BCUT2D eigenvalue weighted by Gasteiger charge is 2.24. The molecule has 3 heterocycles. The summed E-state index contributed by atoms with van der Waals surface area (Å²) in [6.45, 7) is 3.07. The Balaban J connectivity index is 1.35. The number of furan rings is 1. The maximum Gasteiger partial charge on any atom is 0.196 e. The fourth-order valence-corrected chi connectivity index (χ4v) is 3.76. The van der Waals surface area contributed by atoms with Gasteiger partial charge in [-0.1, -0.05) is 42.5 Å². The van der Waals surface area contributed by atoms with E-state index in [0.29, 0.717) is 6.04 Å². The van der Waals surface area contributed by atoms with Crippen LogP contribution < -0.4 is 5.32 Å². The van der Waals surface area contributed by atoms with Gasteiger partial charge in [-0.15, -0.1) is 0 Å². The van der Waals surface area contributed by atoms with Crippen molar-refractivity contribution < 1.29 is 4.42 Å². The normalized spacial score (nSPS) is 17.9. The fourth-order valence-electron chi connectivity index (χ4n) is 3.76. The van der Waals surface area contributed by atoms with Gasteiger partial charge in [-0.25, -0.2) is 9.97 Å². The molecule has 2 aromatic carbocycles. The van der Waals surface area contributed by atoms with Crippen molar-refractivity contribution in [2.24, 2.45) is 0 Å². The molecule has 1 aliphatic rings. The number of aromatic nitrogens is 2. The molecule has 5 heteroatoms. The largest absolute Gasteiger partial charge is 0.450 e. The molecule has 1 unspecified atom stereocenters. The monoisotopic (exact) mass is 344 g/mol. The molecule has 0 spiro atoms. The first kappa shape index (κ1) is 15.3. The Labute approximate surface area is 151 Å². The number of anilines is 1. The number of nitrogens with one attached hydrogen (secondary N) is 1. The van der Waals surface area contributed by atoms with Crippen LogP contribution in [0.1, 0.15) is 12.0 Å². The molecule has 4 aromatic rings. The zero-order valence-corrected chi connectivity index (χ0v) is 14.4. The molecular formula is C21H20N4O. The minimum absolute atomic E-state index is 0.366. The lowest BCUT2D eigenvalue weighted by Gasteiger charge is -2.17. The van der Waals surface area contributed by atoms with Crippen molar-refractivity contribution in [3.63, 3.8) is 0 Å². The van der Waals surface area contributed by atoms with E-state index in [1.54, 1.807) is 6.33 Å². The van der Waals surface area contributed by atoms with Gasteiger partial charge in [0.1, 0.15) is 17.4 Å². The molecule has 26 heavy (non-hydrogen) atoms. The molecule has 1 aliphatic heterocycles. The Morgan fingerprint density at radius 2 is 1.88 bits per heavy atom. The Kier molecular flexibility index (Phi) is 3.79. The van der Waals surface area contributed by atoms with Crippen LogP contribution in [0.25, 0.3) is 22.1 Å². The number of likely N-dealkylation sites (tertiary alicyclic amines) is 1. The molecule has 1 N–H and O–H groups in total. The summed E-state index contributed by atoms with van der Waals surface area (Å²) in [5.74, 6) is 0.790. The quantitative estimate of drug-likeness (QED) is 0.605. The predicted molar refractivity (Wildman–Crippen MR) is 103 cm³/mol. The highest BCUT2D eigenvalue weighted by Crippen LogP contribution is 2.31. The van der Waals surface area contributed by atoms with E-state index < -0.39 is 0 Å². The Hall–Kier alpha value is -2.92. The van der Waals surface area contributed by atoms with Gasteiger partial charge in [0.2, 0.25) is 0 Å². The highest BCUT2D eigenvalue weighted by atomic mass is 16.3. The van der Waals surface area contributed by atoms with Crippen LogP contribution in [0.15, 0.2) is 65.3 Å². The number of hydrogen-bond donors (Lipinski definition) is 1. The van der Waals surface area contributed by atoms with Crippen molar-refractivity contribution in [3.8, 4) is 0 Å².